The van der Waals surface area contributed by atoms with E-state index in [9.17, 15) is 4.79 Å². The Kier molecular flexibility index (Phi) is 8.12. The molecule has 0 aliphatic rings. The number of ether oxygens (including phenoxy) is 1. The maximum atomic E-state index is 12.0. The standard InChI is InChI=1S/C22H26N4O2S/c1-2-3-4-7-13-28-18-10-8-9-17(14-18)15-23-26-21(27)16-29-22-24-19-11-5-6-12-20(19)25-22/h5-6,8-12,14-15H,2-4,7,13,16H2,1H3,(H,24,25)(H,26,27)/b23-15+. The molecule has 1 aromatic heterocycles. The first-order chi connectivity index (χ1) is 14.2. The molecule has 7 heteroatoms. The van der Waals surface area contributed by atoms with Crippen LogP contribution < -0.4 is 10.2 Å². The molecule has 0 saturated heterocycles. The van der Waals surface area contributed by atoms with Gasteiger partial charge >= 0.3 is 0 Å². The zero-order valence-electron chi connectivity index (χ0n) is 16.6. The number of fused-ring (bicyclic) bond motifs is 1. The summed E-state index contributed by atoms with van der Waals surface area (Å²) in [6.45, 7) is 2.91. The van der Waals surface area contributed by atoms with Gasteiger partial charge in [0.15, 0.2) is 5.16 Å². The molecule has 2 aromatic carbocycles. The Morgan fingerprint density at radius 2 is 2.10 bits per heavy atom. The summed E-state index contributed by atoms with van der Waals surface area (Å²) in [5, 5.41) is 4.75. The minimum atomic E-state index is -0.185. The third-order valence-electron chi connectivity index (χ3n) is 4.24. The first-order valence-electron chi connectivity index (χ1n) is 9.87. The number of thioether (sulfide) groups is 1. The number of nitrogens with zero attached hydrogens (tertiary/aromatic N) is 2. The topological polar surface area (TPSA) is 79.4 Å². The summed E-state index contributed by atoms with van der Waals surface area (Å²) in [4.78, 5) is 19.6. The Labute approximate surface area is 175 Å². The maximum absolute atomic E-state index is 12.0. The van der Waals surface area contributed by atoms with Crippen molar-refractivity contribution in [3.8, 4) is 5.75 Å². The molecular formula is C22H26N4O2S. The molecule has 0 atom stereocenters. The average Bonchev–Trinajstić information content (AvgIpc) is 3.15. The number of amides is 1. The van der Waals surface area contributed by atoms with Crippen LogP contribution in [0.25, 0.3) is 11.0 Å². The lowest BCUT2D eigenvalue weighted by atomic mass is 10.2. The van der Waals surface area contributed by atoms with E-state index in [0.717, 1.165) is 35.4 Å². The van der Waals surface area contributed by atoms with Crippen LogP contribution in [0.2, 0.25) is 0 Å². The van der Waals surface area contributed by atoms with Crippen LogP contribution >= 0.6 is 11.8 Å². The summed E-state index contributed by atoms with van der Waals surface area (Å²) in [6.07, 6.45) is 6.33. The van der Waals surface area contributed by atoms with Crippen molar-refractivity contribution < 1.29 is 9.53 Å². The second-order valence-corrected chi connectivity index (χ2v) is 7.59. The van der Waals surface area contributed by atoms with Gasteiger partial charge in [0.25, 0.3) is 5.91 Å². The normalized spacial score (nSPS) is 11.2. The van der Waals surface area contributed by atoms with Gasteiger partial charge in [-0.1, -0.05) is 62.2 Å². The molecule has 0 radical (unpaired) electrons. The number of para-hydroxylation sites is 2. The summed E-state index contributed by atoms with van der Waals surface area (Å²) in [5.41, 5.74) is 5.27. The van der Waals surface area contributed by atoms with Crippen molar-refractivity contribution in [2.24, 2.45) is 5.10 Å². The van der Waals surface area contributed by atoms with Gasteiger partial charge in [0, 0.05) is 0 Å². The van der Waals surface area contributed by atoms with Gasteiger partial charge in [0.05, 0.1) is 29.6 Å². The molecule has 6 nitrogen and oxygen atoms in total. The van der Waals surface area contributed by atoms with Crippen LogP contribution in [-0.2, 0) is 4.79 Å². The number of carbonyl (C=O) groups excluding carboxylic acids is 1. The number of hydrogen-bond donors (Lipinski definition) is 2. The number of benzene rings is 2. The average molecular weight is 411 g/mol. The van der Waals surface area contributed by atoms with Gasteiger partial charge in [-0.2, -0.15) is 5.10 Å². The van der Waals surface area contributed by atoms with Crippen molar-refractivity contribution in [3.63, 3.8) is 0 Å². The van der Waals surface area contributed by atoms with Crippen LogP contribution in [0.5, 0.6) is 5.75 Å². The minimum absolute atomic E-state index is 0.185. The monoisotopic (exact) mass is 410 g/mol. The highest BCUT2D eigenvalue weighted by molar-refractivity contribution is 7.99. The molecule has 2 N–H and O–H groups in total. The molecule has 0 saturated carbocycles. The molecule has 0 spiro atoms. The summed E-state index contributed by atoms with van der Waals surface area (Å²) < 4.78 is 5.77. The third kappa shape index (κ3) is 6.94. The third-order valence-corrected chi connectivity index (χ3v) is 5.11. The van der Waals surface area contributed by atoms with Crippen LogP contribution in [0, 0.1) is 0 Å². The highest BCUT2D eigenvalue weighted by atomic mass is 32.2. The fourth-order valence-corrected chi connectivity index (χ4v) is 3.42. The molecule has 0 fully saturated rings. The summed E-state index contributed by atoms with van der Waals surface area (Å²) in [6, 6.07) is 15.5. The number of aromatic nitrogens is 2. The molecular weight excluding hydrogens is 384 g/mol. The number of hydrogen-bond acceptors (Lipinski definition) is 5. The van der Waals surface area contributed by atoms with Gasteiger partial charge in [-0.05, 0) is 36.2 Å². The van der Waals surface area contributed by atoms with Crippen molar-refractivity contribution in [2.75, 3.05) is 12.4 Å². The lowest BCUT2D eigenvalue weighted by Crippen LogP contribution is -2.19. The van der Waals surface area contributed by atoms with Crippen molar-refractivity contribution in [1.82, 2.24) is 15.4 Å². The molecule has 1 amide bonds. The van der Waals surface area contributed by atoms with E-state index in [4.69, 9.17) is 4.74 Å². The largest absolute Gasteiger partial charge is 0.494 e. The lowest BCUT2D eigenvalue weighted by molar-refractivity contribution is -0.118. The fourth-order valence-electron chi connectivity index (χ4n) is 2.75. The van der Waals surface area contributed by atoms with Crippen molar-refractivity contribution in [3.05, 3.63) is 54.1 Å². The quantitative estimate of drug-likeness (QED) is 0.207. The molecule has 29 heavy (non-hydrogen) atoms. The number of carbonyl (C=O) groups is 1. The van der Waals surface area contributed by atoms with Gasteiger partial charge in [-0.15, -0.1) is 0 Å². The molecule has 3 aromatic rings. The second-order valence-electron chi connectivity index (χ2n) is 6.62. The molecule has 1 heterocycles. The number of unbranched alkanes of at least 4 members (excludes halogenated alkanes) is 3. The zero-order valence-corrected chi connectivity index (χ0v) is 17.4. The van der Waals surface area contributed by atoms with Crippen LogP contribution in [-0.4, -0.2) is 34.4 Å². The van der Waals surface area contributed by atoms with E-state index in [1.165, 1.54) is 31.0 Å². The van der Waals surface area contributed by atoms with Crippen molar-refractivity contribution >= 4 is 34.9 Å². The SMILES string of the molecule is CCCCCCOc1cccc(/C=N/NC(=O)CSc2nc3ccccc3[nH]2)c1. The van der Waals surface area contributed by atoms with E-state index in [1.54, 1.807) is 6.21 Å². The number of rotatable bonds is 11. The first-order valence-corrected chi connectivity index (χ1v) is 10.9. The van der Waals surface area contributed by atoms with Gasteiger partial charge in [-0.3, -0.25) is 4.79 Å². The molecule has 0 bridgehead atoms. The smallest absolute Gasteiger partial charge is 0.250 e. The Bertz CT molecular complexity index is 922. The van der Waals surface area contributed by atoms with Gasteiger partial charge in [0.1, 0.15) is 5.75 Å². The van der Waals surface area contributed by atoms with E-state index in [2.05, 4.69) is 27.4 Å². The Morgan fingerprint density at radius 1 is 1.21 bits per heavy atom. The Morgan fingerprint density at radius 3 is 2.97 bits per heavy atom. The number of H-pyrrole nitrogens is 1. The Balaban J connectivity index is 1.41. The van der Waals surface area contributed by atoms with Gasteiger partial charge < -0.3 is 9.72 Å². The summed E-state index contributed by atoms with van der Waals surface area (Å²) in [5.74, 6) is 0.866. The zero-order chi connectivity index (χ0) is 20.3. The molecule has 152 valence electrons. The van der Waals surface area contributed by atoms with E-state index >= 15 is 0 Å². The molecule has 0 aliphatic heterocycles. The summed E-state index contributed by atoms with van der Waals surface area (Å²) >= 11 is 1.34. The van der Waals surface area contributed by atoms with E-state index in [0.29, 0.717) is 5.16 Å². The van der Waals surface area contributed by atoms with Crippen molar-refractivity contribution in [1.29, 1.82) is 0 Å². The maximum Gasteiger partial charge on any atom is 0.250 e. The first kappa shape index (κ1) is 20.9. The molecule has 0 aliphatic carbocycles. The van der Waals surface area contributed by atoms with Crippen LogP contribution in [0.15, 0.2) is 58.8 Å². The number of nitrogens with one attached hydrogen (secondary N) is 2. The highest BCUT2D eigenvalue weighted by Crippen LogP contribution is 2.18. The predicted molar refractivity (Wildman–Crippen MR) is 119 cm³/mol. The minimum Gasteiger partial charge on any atom is -0.494 e. The van der Waals surface area contributed by atoms with E-state index < -0.39 is 0 Å². The van der Waals surface area contributed by atoms with Gasteiger partial charge in [0.2, 0.25) is 0 Å². The molecule has 0 unspecified atom stereocenters. The number of hydrazone groups is 1. The van der Waals surface area contributed by atoms with E-state index in [-0.39, 0.29) is 11.7 Å². The van der Waals surface area contributed by atoms with Crippen LogP contribution in [0.4, 0.5) is 0 Å². The lowest BCUT2D eigenvalue weighted by Gasteiger charge is -2.06. The summed E-state index contributed by atoms with van der Waals surface area (Å²) in [7, 11) is 0. The van der Waals surface area contributed by atoms with Crippen LogP contribution in [0.3, 0.4) is 0 Å². The fraction of sp³-hybridized carbons (Fsp3) is 0.318. The number of aromatic amines is 1. The number of imidazole rings is 1. The Hall–Kier alpha value is -2.80. The van der Waals surface area contributed by atoms with Crippen molar-refractivity contribution in [2.45, 2.75) is 37.8 Å². The highest BCUT2D eigenvalue weighted by Gasteiger charge is 2.06. The van der Waals surface area contributed by atoms with Gasteiger partial charge in [-0.25, -0.2) is 10.4 Å². The van der Waals surface area contributed by atoms with Crippen LogP contribution in [0.1, 0.15) is 38.2 Å². The van der Waals surface area contributed by atoms with E-state index in [1.807, 2.05) is 48.5 Å². The predicted octanol–water partition coefficient (Wildman–Crippen LogP) is 4.76. The second kappa shape index (κ2) is 11.3. The molecule has 3 rings (SSSR count).